The van der Waals surface area contributed by atoms with Gasteiger partial charge in [-0.3, -0.25) is 4.79 Å². The van der Waals surface area contributed by atoms with Crippen LogP contribution in [0.3, 0.4) is 0 Å². The first-order valence-corrected chi connectivity index (χ1v) is 7.90. The Hall–Kier alpha value is -2.66. The maximum absolute atomic E-state index is 12.6. The van der Waals surface area contributed by atoms with Gasteiger partial charge in [0, 0.05) is 15.6 Å². The molecule has 5 heteroatoms. The highest BCUT2D eigenvalue weighted by molar-refractivity contribution is 7.21. The topological polar surface area (TPSA) is 55.4 Å². The van der Waals surface area contributed by atoms with Crippen LogP contribution in [0.5, 0.6) is 0 Å². The lowest BCUT2D eigenvalue weighted by molar-refractivity contribution is 0.0607. The van der Waals surface area contributed by atoms with Gasteiger partial charge in [0.25, 0.3) is 5.91 Å². The number of fused-ring (bicyclic) bond motifs is 1. The predicted octanol–water partition coefficient (Wildman–Crippen LogP) is 4.25. The maximum Gasteiger partial charge on any atom is 0.350 e. The SMILES string of the molecule is COC(=O)c1sc2ccccc2c1NC(=O)c1ccccc1C. The lowest BCUT2D eigenvalue weighted by Gasteiger charge is -2.08. The Morgan fingerprint density at radius 2 is 1.74 bits per heavy atom. The van der Waals surface area contributed by atoms with Gasteiger partial charge in [0.2, 0.25) is 0 Å². The van der Waals surface area contributed by atoms with Crippen LogP contribution < -0.4 is 5.32 Å². The average Bonchev–Trinajstić information content (AvgIpc) is 2.93. The molecule has 0 fully saturated rings. The van der Waals surface area contributed by atoms with Crippen molar-refractivity contribution in [2.24, 2.45) is 0 Å². The van der Waals surface area contributed by atoms with Crippen LogP contribution in [0.1, 0.15) is 25.6 Å². The molecule has 1 heterocycles. The minimum Gasteiger partial charge on any atom is -0.465 e. The second-order valence-corrected chi connectivity index (χ2v) is 6.12. The van der Waals surface area contributed by atoms with E-state index in [1.807, 2.05) is 49.4 Å². The molecule has 0 aliphatic carbocycles. The van der Waals surface area contributed by atoms with Gasteiger partial charge in [0.05, 0.1) is 12.8 Å². The molecule has 2 aromatic carbocycles. The zero-order valence-electron chi connectivity index (χ0n) is 12.8. The summed E-state index contributed by atoms with van der Waals surface area (Å²) in [5.41, 5.74) is 1.97. The molecule has 1 aromatic heterocycles. The second kappa shape index (κ2) is 6.22. The molecule has 0 saturated heterocycles. The van der Waals surface area contributed by atoms with Crippen molar-refractivity contribution < 1.29 is 14.3 Å². The highest BCUT2D eigenvalue weighted by atomic mass is 32.1. The van der Waals surface area contributed by atoms with Crippen molar-refractivity contribution in [1.29, 1.82) is 0 Å². The summed E-state index contributed by atoms with van der Waals surface area (Å²) >= 11 is 1.31. The molecule has 1 amide bonds. The molecule has 0 atom stereocenters. The van der Waals surface area contributed by atoms with Crippen LogP contribution >= 0.6 is 11.3 Å². The van der Waals surface area contributed by atoms with Gasteiger partial charge in [-0.05, 0) is 24.6 Å². The molecule has 0 aliphatic heterocycles. The van der Waals surface area contributed by atoms with E-state index in [4.69, 9.17) is 4.74 Å². The van der Waals surface area contributed by atoms with Gasteiger partial charge < -0.3 is 10.1 Å². The number of carbonyl (C=O) groups excluding carboxylic acids is 2. The molecule has 3 aromatic rings. The fraction of sp³-hybridized carbons (Fsp3) is 0.111. The number of esters is 1. The number of nitrogens with one attached hydrogen (secondary N) is 1. The quantitative estimate of drug-likeness (QED) is 0.733. The van der Waals surface area contributed by atoms with Crippen LogP contribution in [-0.2, 0) is 4.74 Å². The first kappa shape index (κ1) is 15.2. The van der Waals surface area contributed by atoms with E-state index in [0.29, 0.717) is 16.1 Å². The summed E-state index contributed by atoms with van der Waals surface area (Å²) in [6, 6.07) is 14.9. The molecule has 0 spiro atoms. The van der Waals surface area contributed by atoms with Crippen molar-refractivity contribution in [3.63, 3.8) is 0 Å². The molecule has 4 nitrogen and oxygen atoms in total. The molecule has 0 aliphatic rings. The number of rotatable bonds is 3. The summed E-state index contributed by atoms with van der Waals surface area (Å²) in [6.45, 7) is 1.88. The monoisotopic (exact) mass is 325 g/mol. The minimum absolute atomic E-state index is 0.239. The van der Waals surface area contributed by atoms with Crippen LogP contribution in [0.2, 0.25) is 0 Å². The average molecular weight is 325 g/mol. The molecule has 0 unspecified atom stereocenters. The smallest absolute Gasteiger partial charge is 0.350 e. The molecule has 0 radical (unpaired) electrons. The molecular formula is C18H15NO3S. The van der Waals surface area contributed by atoms with E-state index in [-0.39, 0.29) is 5.91 Å². The van der Waals surface area contributed by atoms with Gasteiger partial charge in [-0.15, -0.1) is 11.3 Å². The third-order valence-electron chi connectivity index (χ3n) is 3.59. The summed E-state index contributed by atoms with van der Waals surface area (Å²) in [5, 5.41) is 3.71. The number of aryl methyl sites for hydroxylation is 1. The Labute approximate surface area is 137 Å². The normalized spacial score (nSPS) is 10.5. The Morgan fingerprint density at radius 3 is 2.48 bits per heavy atom. The molecular weight excluding hydrogens is 310 g/mol. The van der Waals surface area contributed by atoms with Crippen molar-refractivity contribution in [3.05, 3.63) is 64.5 Å². The molecule has 0 bridgehead atoms. The zero-order chi connectivity index (χ0) is 16.4. The first-order chi connectivity index (χ1) is 11.1. The van der Waals surface area contributed by atoms with Crippen molar-refractivity contribution in [2.45, 2.75) is 6.92 Å². The Balaban J connectivity index is 2.07. The van der Waals surface area contributed by atoms with E-state index in [0.717, 1.165) is 15.6 Å². The minimum atomic E-state index is -0.453. The fourth-order valence-electron chi connectivity index (χ4n) is 2.41. The van der Waals surface area contributed by atoms with Crippen molar-refractivity contribution >= 4 is 39.0 Å². The van der Waals surface area contributed by atoms with Crippen LogP contribution in [0.25, 0.3) is 10.1 Å². The van der Waals surface area contributed by atoms with Crippen molar-refractivity contribution in [3.8, 4) is 0 Å². The highest BCUT2D eigenvalue weighted by Gasteiger charge is 2.21. The van der Waals surface area contributed by atoms with Crippen molar-refractivity contribution in [2.75, 3.05) is 12.4 Å². The summed E-state index contributed by atoms with van der Waals surface area (Å²) in [7, 11) is 1.33. The van der Waals surface area contributed by atoms with E-state index >= 15 is 0 Å². The summed E-state index contributed by atoms with van der Waals surface area (Å²) in [6.07, 6.45) is 0. The molecule has 3 rings (SSSR count). The van der Waals surface area contributed by atoms with Crippen LogP contribution in [0, 0.1) is 6.92 Å². The van der Waals surface area contributed by atoms with Gasteiger partial charge in [-0.1, -0.05) is 36.4 Å². The van der Waals surface area contributed by atoms with Gasteiger partial charge in [0.1, 0.15) is 4.88 Å². The van der Waals surface area contributed by atoms with Crippen LogP contribution in [-0.4, -0.2) is 19.0 Å². The van der Waals surface area contributed by atoms with E-state index in [1.165, 1.54) is 18.4 Å². The number of thiophene rings is 1. The van der Waals surface area contributed by atoms with E-state index < -0.39 is 5.97 Å². The van der Waals surface area contributed by atoms with Gasteiger partial charge in [-0.25, -0.2) is 4.79 Å². The Kier molecular flexibility index (Phi) is 4.12. The fourth-order valence-corrected chi connectivity index (χ4v) is 3.49. The van der Waals surface area contributed by atoms with Crippen molar-refractivity contribution in [1.82, 2.24) is 0 Å². The molecule has 0 saturated carbocycles. The number of hydrogen-bond acceptors (Lipinski definition) is 4. The third-order valence-corrected chi connectivity index (χ3v) is 4.75. The summed E-state index contributed by atoms with van der Waals surface area (Å²) < 4.78 is 5.76. The van der Waals surface area contributed by atoms with Crippen LogP contribution in [0.15, 0.2) is 48.5 Å². The number of ether oxygens (including phenoxy) is 1. The number of amides is 1. The lowest BCUT2D eigenvalue weighted by Crippen LogP contribution is -2.15. The van der Waals surface area contributed by atoms with E-state index in [1.54, 1.807) is 6.07 Å². The summed E-state index contributed by atoms with van der Waals surface area (Å²) in [4.78, 5) is 25.0. The van der Waals surface area contributed by atoms with E-state index in [9.17, 15) is 9.59 Å². The Morgan fingerprint density at radius 1 is 1.04 bits per heavy atom. The van der Waals surface area contributed by atoms with E-state index in [2.05, 4.69) is 5.32 Å². The standard InChI is InChI=1S/C18H15NO3S/c1-11-7-3-4-8-12(11)17(20)19-15-13-9-5-6-10-14(13)23-16(15)18(21)22-2/h3-10H,1-2H3,(H,19,20). The van der Waals surface area contributed by atoms with Gasteiger partial charge in [-0.2, -0.15) is 0 Å². The number of anilines is 1. The largest absolute Gasteiger partial charge is 0.465 e. The Bertz CT molecular complexity index is 898. The highest BCUT2D eigenvalue weighted by Crippen LogP contribution is 2.36. The molecule has 23 heavy (non-hydrogen) atoms. The molecule has 1 N–H and O–H groups in total. The zero-order valence-corrected chi connectivity index (χ0v) is 13.6. The number of carbonyl (C=O) groups is 2. The lowest BCUT2D eigenvalue weighted by atomic mass is 10.1. The van der Waals surface area contributed by atoms with Gasteiger partial charge >= 0.3 is 5.97 Å². The number of hydrogen-bond donors (Lipinski definition) is 1. The number of methoxy groups -OCH3 is 1. The maximum atomic E-state index is 12.6. The summed E-state index contributed by atoms with van der Waals surface area (Å²) in [5.74, 6) is -0.692. The first-order valence-electron chi connectivity index (χ1n) is 7.08. The molecule has 116 valence electrons. The van der Waals surface area contributed by atoms with Gasteiger partial charge in [0.15, 0.2) is 0 Å². The predicted molar refractivity (Wildman–Crippen MR) is 92.3 cm³/mol. The second-order valence-electron chi connectivity index (χ2n) is 5.06. The third kappa shape index (κ3) is 2.83. The number of benzene rings is 2. The van der Waals surface area contributed by atoms with Crippen LogP contribution in [0.4, 0.5) is 5.69 Å².